The molecule has 1 atom stereocenters. The summed E-state index contributed by atoms with van der Waals surface area (Å²) < 4.78 is 0. The maximum absolute atomic E-state index is 12.5. The average Bonchev–Trinajstić information content (AvgIpc) is 2.97. The van der Waals surface area contributed by atoms with E-state index < -0.39 is 6.04 Å². The van der Waals surface area contributed by atoms with E-state index in [-0.39, 0.29) is 30.6 Å². The molecule has 0 bridgehead atoms. The first-order valence-corrected chi connectivity index (χ1v) is 7.70. The molecule has 1 aromatic rings. The molecule has 0 aromatic heterocycles. The minimum Gasteiger partial charge on any atom is -0.399 e. The predicted octanol–water partition coefficient (Wildman–Crippen LogP) is 0.885. The topological polar surface area (TPSA) is 88.1 Å². The summed E-state index contributed by atoms with van der Waals surface area (Å²) in [5, 5.41) is 6.67. The van der Waals surface area contributed by atoms with Crippen LogP contribution in [0, 0.1) is 0 Å². The highest BCUT2D eigenvalue weighted by atomic mass is 16.6. The molecule has 1 aliphatic heterocycles. The summed E-state index contributed by atoms with van der Waals surface area (Å²) in [6.45, 7) is 1.92. The van der Waals surface area contributed by atoms with Crippen LogP contribution in [0.4, 0.5) is 0 Å². The van der Waals surface area contributed by atoms with Crippen LogP contribution < -0.4 is 5.32 Å². The van der Waals surface area contributed by atoms with Gasteiger partial charge in [0.05, 0.1) is 18.7 Å². The summed E-state index contributed by atoms with van der Waals surface area (Å²) in [6, 6.07) is 8.83. The molecule has 7 heteroatoms. The Kier molecular flexibility index (Phi) is 6.06. The lowest BCUT2D eigenvalue weighted by Crippen LogP contribution is -2.46. The van der Waals surface area contributed by atoms with Crippen molar-refractivity contribution in [2.45, 2.75) is 32.4 Å². The fourth-order valence-corrected chi connectivity index (χ4v) is 2.61. The number of hydrogen-bond acceptors (Lipinski definition) is 5. The first-order chi connectivity index (χ1) is 11.5. The van der Waals surface area contributed by atoms with Crippen LogP contribution >= 0.6 is 0 Å². The molecule has 2 rings (SSSR count). The van der Waals surface area contributed by atoms with E-state index in [9.17, 15) is 14.4 Å². The van der Waals surface area contributed by atoms with Gasteiger partial charge in [-0.2, -0.15) is 0 Å². The molecule has 0 radical (unpaired) electrons. The van der Waals surface area contributed by atoms with Gasteiger partial charge in [0.2, 0.25) is 11.8 Å². The Morgan fingerprint density at radius 1 is 1.29 bits per heavy atom. The lowest BCUT2D eigenvalue weighted by atomic mass is 10.1. The first kappa shape index (κ1) is 17.7. The Balaban J connectivity index is 2.05. The Labute approximate surface area is 140 Å². The maximum atomic E-state index is 12.5. The maximum Gasteiger partial charge on any atom is 0.243 e. The number of rotatable bonds is 6. The number of benzene rings is 1. The molecule has 7 nitrogen and oxygen atoms in total. The summed E-state index contributed by atoms with van der Waals surface area (Å²) in [7, 11) is 1.41. The van der Waals surface area contributed by atoms with Gasteiger partial charge in [-0.05, 0) is 12.5 Å². The standard InChI is InChI=1S/C17H21N3O4/c1-12(21)8-16(22)20-11-14(19-24-2)9-15(20)17(23)18-10-13-6-4-3-5-7-13/h3-7,15H,8-11H2,1-2H3,(H,18,23). The smallest absolute Gasteiger partial charge is 0.243 e. The molecule has 1 aliphatic rings. The quantitative estimate of drug-likeness (QED) is 0.619. The van der Waals surface area contributed by atoms with Crippen LogP contribution in [0.3, 0.4) is 0 Å². The van der Waals surface area contributed by atoms with Crippen LogP contribution in [0.15, 0.2) is 35.5 Å². The van der Waals surface area contributed by atoms with Crippen LogP contribution in [-0.2, 0) is 25.8 Å². The molecule has 1 aromatic carbocycles. The normalized spacial score (nSPS) is 18.5. The van der Waals surface area contributed by atoms with E-state index in [0.29, 0.717) is 18.7 Å². The molecule has 1 heterocycles. The minimum atomic E-state index is -0.672. The molecule has 24 heavy (non-hydrogen) atoms. The van der Waals surface area contributed by atoms with Crippen molar-refractivity contribution >= 4 is 23.3 Å². The predicted molar refractivity (Wildman–Crippen MR) is 88.1 cm³/mol. The van der Waals surface area contributed by atoms with Gasteiger partial charge in [-0.25, -0.2) is 0 Å². The molecule has 2 amide bonds. The number of carbonyl (C=O) groups is 3. The zero-order chi connectivity index (χ0) is 17.5. The van der Waals surface area contributed by atoms with E-state index in [4.69, 9.17) is 4.84 Å². The van der Waals surface area contributed by atoms with Gasteiger partial charge in [-0.15, -0.1) is 0 Å². The fraction of sp³-hybridized carbons (Fsp3) is 0.412. The van der Waals surface area contributed by atoms with E-state index in [0.717, 1.165) is 5.56 Å². The molecular weight excluding hydrogens is 310 g/mol. The zero-order valence-corrected chi connectivity index (χ0v) is 13.8. The summed E-state index contributed by atoms with van der Waals surface area (Å²) in [5.41, 5.74) is 1.57. The number of likely N-dealkylation sites (tertiary alicyclic amines) is 1. The van der Waals surface area contributed by atoms with E-state index in [1.807, 2.05) is 30.3 Å². The average molecular weight is 331 g/mol. The third kappa shape index (κ3) is 4.65. The van der Waals surface area contributed by atoms with Gasteiger partial charge in [0.25, 0.3) is 0 Å². The Morgan fingerprint density at radius 2 is 2.00 bits per heavy atom. The second-order valence-electron chi connectivity index (χ2n) is 5.66. The van der Waals surface area contributed by atoms with Gasteiger partial charge in [0.15, 0.2) is 0 Å². The van der Waals surface area contributed by atoms with Crippen molar-refractivity contribution in [3.63, 3.8) is 0 Å². The van der Waals surface area contributed by atoms with Crippen molar-refractivity contribution in [1.82, 2.24) is 10.2 Å². The Bertz CT molecular complexity index is 642. The highest BCUT2D eigenvalue weighted by molar-refractivity contribution is 6.04. The van der Waals surface area contributed by atoms with Gasteiger partial charge in [0.1, 0.15) is 18.9 Å². The second kappa shape index (κ2) is 8.24. The summed E-state index contributed by atoms with van der Waals surface area (Å²) in [6.07, 6.45) is 0.0842. The lowest BCUT2D eigenvalue weighted by Gasteiger charge is -2.23. The Morgan fingerprint density at radius 3 is 2.62 bits per heavy atom. The molecule has 128 valence electrons. The molecular formula is C17H21N3O4. The van der Waals surface area contributed by atoms with E-state index >= 15 is 0 Å². The summed E-state index contributed by atoms with van der Waals surface area (Å²) in [5.74, 6) is -0.874. The number of ketones is 1. The number of nitrogens with zero attached hydrogens (tertiary/aromatic N) is 2. The van der Waals surface area contributed by atoms with Gasteiger partial charge >= 0.3 is 0 Å². The fourth-order valence-electron chi connectivity index (χ4n) is 2.61. The Hall–Kier alpha value is -2.70. The van der Waals surface area contributed by atoms with E-state index in [1.165, 1.54) is 18.9 Å². The second-order valence-corrected chi connectivity index (χ2v) is 5.66. The van der Waals surface area contributed by atoms with E-state index in [1.54, 1.807) is 0 Å². The van der Waals surface area contributed by atoms with Crippen molar-refractivity contribution in [2.75, 3.05) is 13.7 Å². The monoisotopic (exact) mass is 331 g/mol. The molecule has 0 spiro atoms. The highest BCUT2D eigenvalue weighted by Crippen LogP contribution is 2.18. The van der Waals surface area contributed by atoms with Crippen molar-refractivity contribution < 1.29 is 19.2 Å². The van der Waals surface area contributed by atoms with Crippen molar-refractivity contribution in [3.8, 4) is 0 Å². The van der Waals surface area contributed by atoms with Crippen LogP contribution in [-0.4, -0.2) is 47.9 Å². The van der Waals surface area contributed by atoms with Gasteiger partial charge < -0.3 is 15.1 Å². The van der Waals surface area contributed by atoms with E-state index in [2.05, 4.69) is 10.5 Å². The number of amides is 2. The number of hydrogen-bond donors (Lipinski definition) is 1. The van der Waals surface area contributed by atoms with Crippen LogP contribution in [0.1, 0.15) is 25.3 Å². The van der Waals surface area contributed by atoms with Gasteiger partial charge in [-0.3, -0.25) is 14.4 Å². The number of oxime groups is 1. The molecule has 1 N–H and O–H groups in total. The van der Waals surface area contributed by atoms with Crippen LogP contribution in [0.2, 0.25) is 0 Å². The molecule has 0 aliphatic carbocycles. The first-order valence-electron chi connectivity index (χ1n) is 7.70. The van der Waals surface area contributed by atoms with Crippen molar-refractivity contribution in [2.24, 2.45) is 5.16 Å². The van der Waals surface area contributed by atoms with Crippen LogP contribution in [0.5, 0.6) is 0 Å². The third-order valence-electron chi connectivity index (χ3n) is 3.71. The van der Waals surface area contributed by atoms with Gasteiger partial charge in [-0.1, -0.05) is 35.5 Å². The SMILES string of the molecule is CON=C1CC(C(=O)NCc2ccccc2)N(C(=O)CC(C)=O)C1. The summed E-state index contributed by atoms with van der Waals surface area (Å²) in [4.78, 5) is 42.0. The molecule has 0 saturated carbocycles. The highest BCUT2D eigenvalue weighted by Gasteiger charge is 2.38. The molecule has 1 fully saturated rings. The summed E-state index contributed by atoms with van der Waals surface area (Å²) >= 11 is 0. The molecule has 1 saturated heterocycles. The van der Waals surface area contributed by atoms with Crippen molar-refractivity contribution in [1.29, 1.82) is 0 Å². The molecule has 1 unspecified atom stereocenters. The number of nitrogens with one attached hydrogen (secondary N) is 1. The van der Waals surface area contributed by atoms with Gasteiger partial charge in [0, 0.05) is 13.0 Å². The third-order valence-corrected chi connectivity index (χ3v) is 3.71. The lowest BCUT2D eigenvalue weighted by molar-refractivity contribution is -0.140. The number of carbonyl (C=O) groups excluding carboxylic acids is 3. The van der Waals surface area contributed by atoms with Crippen LogP contribution in [0.25, 0.3) is 0 Å². The zero-order valence-electron chi connectivity index (χ0n) is 13.8. The van der Waals surface area contributed by atoms with Crippen molar-refractivity contribution in [3.05, 3.63) is 35.9 Å². The number of Topliss-reactive ketones (excluding diaryl/α,β-unsaturated/α-hetero) is 1. The minimum absolute atomic E-state index is 0.198. The largest absolute Gasteiger partial charge is 0.399 e.